The average Bonchev–Trinajstić information content (AvgIpc) is 3.02. The zero-order valence-corrected chi connectivity index (χ0v) is 12.9. The highest BCUT2D eigenvalue weighted by Gasteiger charge is 2.33. The molecule has 1 atom stereocenters. The second-order valence-electron chi connectivity index (χ2n) is 5.94. The Bertz CT molecular complexity index is 567. The van der Waals surface area contributed by atoms with Gasteiger partial charge < -0.3 is 10.1 Å². The fourth-order valence-corrected chi connectivity index (χ4v) is 3.19. The highest BCUT2D eigenvalue weighted by molar-refractivity contribution is 6.07. The van der Waals surface area contributed by atoms with E-state index in [0.29, 0.717) is 6.42 Å². The number of fused-ring (bicyclic) bond motifs is 1. The SMILES string of the molecule is CCC1Nc2ccccc2N(CC(=O)OC2CCCC2)C1=O. The maximum absolute atomic E-state index is 12.5. The van der Waals surface area contributed by atoms with Crippen molar-refractivity contribution in [3.8, 4) is 0 Å². The van der Waals surface area contributed by atoms with E-state index in [1.807, 2.05) is 31.2 Å². The first-order valence-electron chi connectivity index (χ1n) is 8.05. The summed E-state index contributed by atoms with van der Waals surface area (Å²) in [4.78, 5) is 26.3. The van der Waals surface area contributed by atoms with Crippen LogP contribution in [-0.2, 0) is 14.3 Å². The Balaban J connectivity index is 1.75. The highest BCUT2D eigenvalue weighted by atomic mass is 16.5. The second-order valence-corrected chi connectivity index (χ2v) is 5.94. The average molecular weight is 302 g/mol. The van der Waals surface area contributed by atoms with E-state index >= 15 is 0 Å². The number of carbonyl (C=O) groups is 2. The normalized spacial score (nSPS) is 21.4. The Hall–Kier alpha value is -2.04. The van der Waals surface area contributed by atoms with Gasteiger partial charge in [-0.1, -0.05) is 19.1 Å². The predicted octanol–water partition coefficient (Wildman–Crippen LogP) is 2.71. The Kier molecular flexibility index (Phi) is 4.32. The van der Waals surface area contributed by atoms with Gasteiger partial charge in [-0.15, -0.1) is 0 Å². The summed E-state index contributed by atoms with van der Waals surface area (Å²) in [5.74, 6) is -0.378. The number of carbonyl (C=O) groups excluding carboxylic acids is 2. The first-order valence-corrected chi connectivity index (χ1v) is 8.05. The quantitative estimate of drug-likeness (QED) is 0.869. The van der Waals surface area contributed by atoms with Gasteiger partial charge in [-0.3, -0.25) is 14.5 Å². The smallest absolute Gasteiger partial charge is 0.326 e. The van der Waals surface area contributed by atoms with Crippen molar-refractivity contribution in [2.75, 3.05) is 16.8 Å². The van der Waals surface area contributed by atoms with E-state index in [1.165, 1.54) is 0 Å². The molecule has 118 valence electrons. The zero-order chi connectivity index (χ0) is 15.5. The first-order chi connectivity index (χ1) is 10.7. The third kappa shape index (κ3) is 2.93. The van der Waals surface area contributed by atoms with Crippen molar-refractivity contribution in [3.05, 3.63) is 24.3 Å². The highest BCUT2D eigenvalue weighted by Crippen LogP contribution is 2.32. The van der Waals surface area contributed by atoms with E-state index in [-0.39, 0.29) is 30.6 Å². The number of nitrogens with one attached hydrogen (secondary N) is 1. The Morgan fingerprint density at radius 3 is 2.77 bits per heavy atom. The lowest BCUT2D eigenvalue weighted by atomic mass is 10.1. The molecule has 22 heavy (non-hydrogen) atoms. The number of para-hydroxylation sites is 2. The maximum Gasteiger partial charge on any atom is 0.326 e. The van der Waals surface area contributed by atoms with Crippen molar-refractivity contribution < 1.29 is 14.3 Å². The third-order valence-corrected chi connectivity index (χ3v) is 4.38. The number of esters is 1. The van der Waals surface area contributed by atoms with Gasteiger partial charge in [0.2, 0.25) is 5.91 Å². The summed E-state index contributed by atoms with van der Waals surface area (Å²) in [5.41, 5.74) is 1.64. The number of hydrogen-bond acceptors (Lipinski definition) is 4. The van der Waals surface area contributed by atoms with Crippen molar-refractivity contribution in [1.82, 2.24) is 0 Å². The van der Waals surface area contributed by atoms with Crippen molar-refractivity contribution in [2.45, 2.75) is 51.2 Å². The summed E-state index contributed by atoms with van der Waals surface area (Å²) in [6.07, 6.45) is 4.82. The van der Waals surface area contributed by atoms with E-state index < -0.39 is 0 Å². The lowest BCUT2D eigenvalue weighted by Gasteiger charge is -2.34. The van der Waals surface area contributed by atoms with Crippen molar-refractivity contribution in [2.24, 2.45) is 0 Å². The van der Waals surface area contributed by atoms with Crippen LogP contribution in [0.1, 0.15) is 39.0 Å². The Morgan fingerprint density at radius 2 is 2.05 bits per heavy atom. The molecule has 0 saturated heterocycles. The summed E-state index contributed by atoms with van der Waals surface area (Å²) in [6.45, 7) is 1.95. The zero-order valence-electron chi connectivity index (χ0n) is 12.9. The standard InChI is InChI=1S/C17H22N2O3/c1-2-13-17(21)19(15-10-6-5-9-14(15)18-13)11-16(20)22-12-7-3-4-8-12/h5-6,9-10,12-13,18H,2-4,7-8,11H2,1H3. The van der Waals surface area contributed by atoms with Gasteiger partial charge in [0.05, 0.1) is 11.4 Å². The van der Waals surface area contributed by atoms with Crippen LogP contribution < -0.4 is 10.2 Å². The number of amides is 1. The van der Waals surface area contributed by atoms with Gasteiger partial charge in [-0.25, -0.2) is 0 Å². The summed E-state index contributed by atoms with van der Waals surface area (Å²) in [6, 6.07) is 7.29. The summed E-state index contributed by atoms with van der Waals surface area (Å²) < 4.78 is 5.49. The van der Waals surface area contributed by atoms with Crippen molar-refractivity contribution in [3.63, 3.8) is 0 Å². The molecule has 0 radical (unpaired) electrons. The minimum atomic E-state index is -0.313. The van der Waals surface area contributed by atoms with Crippen LogP contribution in [0.25, 0.3) is 0 Å². The number of benzene rings is 1. The van der Waals surface area contributed by atoms with Crippen LogP contribution in [0.15, 0.2) is 24.3 Å². The first kappa shape index (κ1) is 14.9. The number of hydrogen-bond donors (Lipinski definition) is 1. The van der Waals surface area contributed by atoms with Gasteiger partial charge in [0.15, 0.2) is 0 Å². The molecule has 1 saturated carbocycles. The molecule has 1 fully saturated rings. The molecule has 1 aliphatic carbocycles. The molecule has 1 aromatic carbocycles. The monoisotopic (exact) mass is 302 g/mol. The molecule has 1 N–H and O–H groups in total. The predicted molar refractivity (Wildman–Crippen MR) is 84.8 cm³/mol. The maximum atomic E-state index is 12.5. The lowest BCUT2D eigenvalue weighted by Crippen LogP contribution is -2.49. The molecule has 1 amide bonds. The summed E-state index contributed by atoms with van der Waals surface area (Å²) in [5, 5.41) is 3.23. The van der Waals surface area contributed by atoms with Gasteiger partial charge in [0.25, 0.3) is 0 Å². The molecule has 1 aliphatic heterocycles. The van der Waals surface area contributed by atoms with Crippen LogP contribution in [0.2, 0.25) is 0 Å². The Labute approximate surface area is 130 Å². The molecule has 0 bridgehead atoms. The van der Waals surface area contributed by atoms with Gasteiger partial charge >= 0.3 is 5.97 Å². The van der Waals surface area contributed by atoms with E-state index in [1.54, 1.807) is 4.90 Å². The topological polar surface area (TPSA) is 58.6 Å². The number of nitrogens with zero attached hydrogens (tertiary/aromatic N) is 1. The van der Waals surface area contributed by atoms with Crippen LogP contribution in [0, 0.1) is 0 Å². The van der Waals surface area contributed by atoms with E-state index in [9.17, 15) is 9.59 Å². The third-order valence-electron chi connectivity index (χ3n) is 4.38. The van der Waals surface area contributed by atoms with E-state index in [2.05, 4.69) is 5.32 Å². The lowest BCUT2D eigenvalue weighted by molar-refractivity contribution is -0.147. The van der Waals surface area contributed by atoms with Crippen LogP contribution in [0.3, 0.4) is 0 Å². The number of anilines is 2. The van der Waals surface area contributed by atoms with Crippen LogP contribution in [-0.4, -0.2) is 30.6 Å². The number of ether oxygens (including phenoxy) is 1. The molecular formula is C17H22N2O3. The van der Waals surface area contributed by atoms with Crippen LogP contribution in [0.5, 0.6) is 0 Å². The van der Waals surface area contributed by atoms with Gasteiger partial charge in [0.1, 0.15) is 18.7 Å². The van der Waals surface area contributed by atoms with Crippen molar-refractivity contribution in [1.29, 1.82) is 0 Å². The van der Waals surface area contributed by atoms with Gasteiger partial charge in [0, 0.05) is 0 Å². The molecule has 2 aliphatic rings. The molecule has 0 spiro atoms. The molecule has 3 rings (SSSR count). The molecule has 5 heteroatoms. The largest absolute Gasteiger partial charge is 0.461 e. The second kappa shape index (κ2) is 6.38. The molecular weight excluding hydrogens is 280 g/mol. The fraction of sp³-hybridized carbons (Fsp3) is 0.529. The molecule has 1 unspecified atom stereocenters. The van der Waals surface area contributed by atoms with E-state index in [0.717, 1.165) is 37.1 Å². The molecule has 1 heterocycles. The summed E-state index contributed by atoms with van der Waals surface area (Å²) in [7, 11) is 0. The van der Waals surface area contributed by atoms with Crippen LogP contribution in [0.4, 0.5) is 11.4 Å². The molecule has 0 aromatic heterocycles. The minimum absolute atomic E-state index is 0.00940. The van der Waals surface area contributed by atoms with Gasteiger partial charge in [-0.05, 0) is 44.2 Å². The molecule has 5 nitrogen and oxygen atoms in total. The van der Waals surface area contributed by atoms with Crippen molar-refractivity contribution >= 4 is 23.3 Å². The fourth-order valence-electron chi connectivity index (χ4n) is 3.19. The number of rotatable bonds is 4. The minimum Gasteiger partial charge on any atom is -0.461 e. The van der Waals surface area contributed by atoms with Crippen LogP contribution >= 0.6 is 0 Å². The Morgan fingerprint density at radius 1 is 1.32 bits per heavy atom. The van der Waals surface area contributed by atoms with E-state index in [4.69, 9.17) is 4.74 Å². The van der Waals surface area contributed by atoms with Gasteiger partial charge in [-0.2, -0.15) is 0 Å². The molecule has 1 aromatic rings. The summed E-state index contributed by atoms with van der Waals surface area (Å²) >= 11 is 0.